The van der Waals surface area contributed by atoms with Crippen LogP contribution in [0.25, 0.3) is 0 Å². The molecule has 0 aromatic heterocycles. The molecule has 0 spiro atoms. The van der Waals surface area contributed by atoms with Crippen LogP contribution in [0, 0.1) is 23.7 Å². The van der Waals surface area contributed by atoms with Gasteiger partial charge in [-0.2, -0.15) is 0 Å². The fraction of sp³-hybridized carbons (Fsp3) is 0.895. The Kier molecular flexibility index (Phi) is 6.47. The number of hydrogen-bond donors (Lipinski definition) is 0. The van der Waals surface area contributed by atoms with Crippen molar-refractivity contribution in [1.29, 1.82) is 0 Å². The van der Waals surface area contributed by atoms with Crippen LogP contribution in [0.3, 0.4) is 0 Å². The van der Waals surface area contributed by atoms with E-state index >= 15 is 0 Å². The monoisotopic (exact) mass is 262 g/mol. The van der Waals surface area contributed by atoms with Crippen molar-refractivity contribution in [3.8, 4) is 0 Å². The molecule has 0 aromatic rings. The summed E-state index contributed by atoms with van der Waals surface area (Å²) in [6.07, 6.45) is 21.2. The van der Waals surface area contributed by atoms with Gasteiger partial charge in [0.05, 0.1) is 0 Å². The van der Waals surface area contributed by atoms with Crippen LogP contribution in [-0.2, 0) is 0 Å². The first-order valence-electron chi connectivity index (χ1n) is 8.96. The molecule has 0 aliphatic heterocycles. The van der Waals surface area contributed by atoms with Gasteiger partial charge in [0, 0.05) is 0 Å². The first-order valence-corrected chi connectivity index (χ1v) is 8.96. The number of allylic oxidation sites excluding steroid dienone is 2. The van der Waals surface area contributed by atoms with Crippen molar-refractivity contribution in [3.05, 3.63) is 12.2 Å². The van der Waals surface area contributed by atoms with Gasteiger partial charge in [0.1, 0.15) is 0 Å². The quantitative estimate of drug-likeness (QED) is 0.505. The Labute approximate surface area is 121 Å². The summed E-state index contributed by atoms with van der Waals surface area (Å²) in [6.45, 7) is 4.50. The Morgan fingerprint density at radius 2 is 1.42 bits per heavy atom. The van der Waals surface area contributed by atoms with Gasteiger partial charge in [-0.25, -0.2) is 0 Å². The maximum Gasteiger partial charge on any atom is -0.0233 e. The first kappa shape index (κ1) is 15.1. The van der Waals surface area contributed by atoms with Gasteiger partial charge < -0.3 is 0 Å². The molecule has 0 aromatic carbocycles. The maximum atomic E-state index is 2.44. The van der Waals surface area contributed by atoms with E-state index in [1.807, 2.05) is 0 Å². The van der Waals surface area contributed by atoms with E-state index < -0.39 is 0 Å². The molecule has 2 fully saturated rings. The molecule has 0 bridgehead atoms. The predicted molar refractivity (Wildman–Crippen MR) is 85.2 cm³/mol. The van der Waals surface area contributed by atoms with Crippen molar-refractivity contribution < 1.29 is 0 Å². The fourth-order valence-corrected chi connectivity index (χ4v) is 4.52. The Hall–Kier alpha value is -0.260. The van der Waals surface area contributed by atoms with Crippen molar-refractivity contribution in [1.82, 2.24) is 0 Å². The van der Waals surface area contributed by atoms with Crippen LogP contribution >= 0.6 is 0 Å². The van der Waals surface area contributed by atoms with Crippen molar-refractivity contribution in [2.75, 3.05) is 0 Å². The molecule has 0 nitrogen and oxygen atoms in total. The molecule has 0 radical (unpaired) electrons. The van der Waals surface area contributed by atoms with Crippen LogP contribution < -0.4 is 0 Å². The molecule has 2 saturated carbocycles. The number of rotatable bonds is 5. The summed E-state index contributed by atoms with van der Waals surface area (Å²) in [5.74, 6) is 4.15. The van der Waals surface area contributed by atoms with Crippen molar-refractivity contribution >= 4 is 0 Å². The van der Waals surface area contributed by atoms with Crippen molar-refractivity contribution in [3.63, 3.8) is 0 Å². The van der Waals surface area contributed by atoms with E-state index in [1.165, 1.54) is 44.9 Å². The highest BCUT2D eigenvalue weighted by Gasteiger charge is 2.29. The Morgan fingerprint density at radius 1 is 0.842 bits per heavy atom. The van der Waals surface area contributed by atoms with Gasteiger partial charge in [-0.1, -0.05) is 51.2 Å². The van der Waals surface area contributed by atoms with E-state index in [2.05, 4.69) is 26.0 Å². The molecular weight excluding hydrogens is 228 g/mol. The fourth-order valence-electron chi connectivity index (χ4n) is 4.52. The zero-order chi connectivity index (χ0) is 13.5. The lowest BCUT2D eigenvalue weighted by molar-refractivity contribution is 0.151. The third kappa shape index (κ3) is 4.65. The Balaban J connectivity index is 1.68. The molecule has 0 atom stereocenters. The topological polar surface area (TPSA) is 0 Å². The summed E-state index contributed by atoms with van der Waals surface area (Å²) in [4.78, 5) is 0. The summed E-state index contributed by atoms with van der Waals surface area (Å²) >= 11 is 0. The molecule has 0 heteroatoms. The average molecular weight is 262 g/mol. The van der Waals surface area contributed by atoms with Gasteiger partial charge in [0.25, 0.3) is 0 Å². The second-order valence-electron chi connectivity index (χ2n) is 7.12. The smallest absolute Gasteiger partial charge is 0.0233 e. The summed E-state index contributed by atoms with van der Waals surface area (Å²) in [5, 5.41) is 0. The lowest BCUT2D eigenvalue weighted by Gasteiger charge is -2.37. The Bertz CT molecular complexity index is 249. The zero-order valence-corrected chi connectivity index (χ0v) is 13.2. The Morgan fingerprint density at radius 3 is 1.95 bits per heavy atom. The van der Waals surface area contributed by atoms with Gasteiger partial charge >= 0.3 is 0 Å². The SMILES string of the molecule is CC=CC1CCC(C2CCC(CCCC)CC2)CC1. The molecule has 0 unspecified atom stereocenters. The third-order valence-corrected chi connectivity index (χ3v) is 5.81. The van der Waals surface area contributed by atoms with Gasteiger partial charge in [-0.3, -0.25) is 0 Å². The summed E-state index contributed by atoms with van der Waals surface area (Å²) in [7, 11) is 0. The molecule has 2 aliphatic carbocycles. The third-order valence-electron chi connectivity index (χ3n) is 5.81. The minimum absolute atomic E-state index is 0.905. The van der Waals surface area contributed by atoms with E-state index in [0.717, 1.165) is 23.7 Å². The minimum Gasteiger partial charge on any atom is -0.0914 e. The predicted octanol–water partition coefficient (Wildman–Crippen LogP) is 6.37. The second kappa shape index (κ2) is 8.12. The first-order chi connectivity index (χ1) is 9.33. The zero-order valence-electron chi connectivity index (χ0n) is 13.2. The highest BCUT2D eigenvalue weighted by molar-refractivity contribution is 4.90. The van der Waals surface area contributed by atoms with Crippen LogP contribution in [0.2, 0.25) is 0 Å². The highest BCUT2D eigenvalue weighted by atomic mass is 14.3. The molecular formula is C19H34. The van der Waals surface area contributed by atoms with Crippen molar-refractivity contribution in [2.24, 2.45) is 23.7 Å². The largest absolute Gasteiger partial charge is 0.0914 e. The van der Waals surface area contributed by atoms with Crippen LogP contribution in [0.15, 0.2) is 12.2 Å². The standard InChI is InChI=1S/C19H34/c1-3-5-7-17-10-14-19(15-11-17)18-12-8-16(6-4-2)9-13-18/h4,6,16-19H,3,5,7-15H2,1-2H3. The van der Waals surface area contributed by atoms with Crippen LogP contribution in [0.4, 0.5) is 0 Å². The van der Waals surface area contributed by atoms with E-state index in [-0.39, 0.29) is 0 Å². The molecule has 19 heavy (non-hydrogen) atoms. The summed E-state index contributed by atoms with van der Waals surface area (Å²) < 4.78 is 0. The number of unbranched alkanes of at least 4 members (excludes halogenated alkanes) is 1. The van der Waals surface area contributed by atoms with Crippen LogP contribution in [0.5, 0.6) is 0 Å². The van der Waals surface area contributed by atoms with Crippen LogP contribution in [-0.4, -0.2) is 0 Å². The maximum absolute atomic E-state index is 2.44. The van der Waals surface area contributed by atoms with E-state index in [1.54, 1.807) is 25.7 Å². The molecule has 2 rings (SSSR count). The van der Waals surface area contributed by atoms with Gasteiger partial charge in [0.15, 0.2) is 0 Å². The van der Waals surface area contributed by atoms with Crippen molar-refractivity contribution in [2.45, 2.75) is 84.5 Å². The average Bonchev–Trinajstić information content (AvgIpc) is 2.47. The second-order valence-corrected chi connectivity index (χ2v) is 7.12. The summed E-state index contributed by atoms with van der Waals surface area (Å²) in [5.41, 5.74) is 0. The van der Waals surface area contributed by atoms with E-state index in [9.17, 15) is 0 Å². The van der Waals surface area contributed by atoms with Gasteiger partial charge in [-0.05, 0) is 69.1 Å². The normalized spacial score (nSPS) is 36.7. The number of hydrogen-bond acceptors (Lipinski definition) is 0. The summed E-state index contributed by atoms with van der Waals surface area (Å²) in [6, 6.07) is 0. The van der Waals surface area contributed by atoms with Crippen LogP contribution in [0.1, 0.15) is 84.5 Å². The van der Waals surface area contributed by atoms with E-state index in [0.29, 0.717) is 0 Å². The van der Waals surface area contributed by atoms with Gasteiger partial charge in [0.2, 0.25) is 0 Å². The lowest BCUT2D eigenvalue weighted by Crippen LogP contribution is -2.25. The molecule has 0 amide bonds. The molecule has 0 saturated heterocycles. The minimum atomic E-state index is 0.905. The van der Waals surface area contributed by atoms with Gasteiger partial charge in [-0.15, -0.1) is 0 Å². The lowest BCUT2D eigenvalue weighted by atomic mass is 9.68. The van der Waals surface area contributed by atoms with E-state index in [4.69, 9.17) is 0 Å². The highest BCUT2D eigenvalue weighted by Crippen LogP contribution is 2.42. The molecule has 110 valence electrons. The molecule has 2 aliphatic rings. The molecule has 0 N–H and O–H groups in total. The molecule has 0 heterocycles.